The second-order valence-corrected chi connectivity index (χ2v) is 6.47. The molecule has 3 N–H and O–H groups in total. The van der Waals surface area contributed by atoms with Crippen LogP contribution in [0.2, 0.25) is 0 Å². The third kappa shape index (κ3) is 3.96. The van der Waals surface area contributed by atoms with Gasteiger partial charge in [-0.3, -0.25) is 5.32 Å². The molecule has 19 heavy (non-hydrogen) atoms. The van der Waals surface area contributed by atoms with Gasteiger partial charge in [0.25, 0.3) is 0 Å². The Balaban J connectivity index is 1.93. The van der Waals surface area contributed by atoms with E-state index in [0.717, 1.165) is 12.8 Å². The van der Waals surface area contributed by atoms with Gasteiger partial charge < -0.3 is 15.2 Å². The van der Waals surface area contributed by atoms with Crippen molar-refractivity contribution in [2.24, 2.45) is 0 Å². The maximum Gasteiger partial charge on any atom is 0.321 e. The smallest absolute Gasteiger partial charge is 0.321 e. The molecule has 0 aliphatic carbocycles. The van der Waals surface area contributed by atoms with Gasteiger partial charge in [0.2, 0.25) is 5.88 Å². The molecular weight excluding hydrogens is 244 g/mol. The molecule has 1 saturated heterocycles. The summed E-state index contributed by atoms with van der Waals surface area (Å²) in [5.41, 5.74) is 0.0118. The number of rotatable bonds is 2. The van der Waals surface area contributed by atoms with Crippen molar-refractivity contribution in [3.05, 3.63) is 12.3 Å². The predicted octanol–water partition coefficient (Wildman–Crippen LogP) is 2.11. The minimum atomic E-state index is -0.254. The van der Waals surface area contributed by atoms with Gasteiger partial charge in [0, 0.05) is 23.2 Å². The Hall–Kier alpha value is -1.56. The summed E-state index contributed by atoms with van der Waals surface area (Å²) >= 11 is 0. The first-order valence-corrected chi connectivity index (χ1v) is 6.53. The lowest BCUT2D eigenvalue weighted by molar-refractivity contribution is 0.149. The summed E-state index contributed by atoms with van der Waals surface area (Å²) in [6, 6.07) is 1.49. The van der Waals surface area contributed by atoms with Crippen LogP contribution in [0.15, 0.2) is 16.8 Å². The molecule has 1 fully saturated rings. The van der Waals surface area contributed by atoms with Crippen molar-refractivity contribution in [1.29, 1.82) is 0 Å². The lowest BCUT2D eigenvalue weighted by Gasteiger charge is -2.46. The summed E-state index contributed by atoms with van der Waals surface area (Å²) in [6.07, 6.45) is 3.27. The number of carbonyl (C=O) groups is 1. The summed E-state index contributed by atoms with van der Waals surface area (Å²) in [5.74, 6) is 0.352. The zero-order valence-electron chi connectivity index (χ0n) is 11.9. The molecule has 0 unspecified atom stereocenters. The molecule has 0 radical (unpaired) electrons. The van der Waals surface area contributed by atoms with E-state index in [-0.39, 0.29) is 23.2 Å². The summed E-state index contributed by atoms with van der Waals surface area (Å²) < 4.78 is 4.84. The molecule has 1 aromatic rings. The third-order valence-electron chi connectivity index (χ3n) is 3.20. The minimum absolute atomic E-state index is 0.00589. The quantitative estimate of drug-likeness (QED) is 0.766. The second-order valence-electron chi connectivity index (χ2n) is 6.47. The number of hydrogen-bond acceptors (Lipinski definition) is 4. The van der Waals surface area contributed by atoms with Crippen LogP contribution in [0.4, 0.5) is 10.7 Å². The van der Waals surface area contributed by atoms with Gasteiger partial charge in [-0.2, -0.15) is 0 Å². The standard InChI is InChI=1S/C13H22N4O2/c1-12(2)7-9(8-13(3,4)17-12)15-11(18)16-10-5-6-14-19-10/h5-6,9,17H,7-8H2,1-4H3,(H2,15,16,18). The fraction of sp³-hybridized carbons (Fsp3) is 0.692. The molecule has 1 aliphatic rings. The van der Waals surface area contributed by atoms with Crippen LogP contribution >= 0.6 is 0 Å². The first-order valence-electron chi connectivity index (χ1n) is 6.53. The highest BCUT2D eigenvalue weighted by Crippen LogP contribution is 2.28. The van der Waals surface area contributed by atoms with E-state index < -0.39 is 0 Å². The van der Waals surface area contributed by atoms with E-state index in [1.165, 1.54) is 6.20 Å². The van der Waals surface area contributed by atoms with Crippen LogP contribution in [0.25, 0.3) is 0 Å². The molecule has 0 spiro atoms. The second kappa shape index (κ2) is 4.85. The van der Waals surface area contributed by atoms with Gasteiger partial charge in [-0.15, -0.1) is 0 Å². The van der Waals surface area contributed by atoms with Crippen molar-refractivity contribution in [2.45, 2.75) is 57.7 Å². The molecular formula is C13H22N4O2. The highest BCUT2D eigenvalue weighted by molar-refractivity contribution is 5.87. The summed E-state index contributed by atoms with van der Waals surface area (Å²) in [6.45, 7) is 8.60. The molecule has 0 bridgehead atoms. The third-order valence-corrected chi connectivity index (χ3v) is 3.20. The Kier molecular flexibility index (Phi) is 3.54. The fourth-order valence-electron chi connectivity index (χ4n) is 3.04. The van der Waals surface area contributed by atoms with Gasteiger partial charge >= 0.3 is 6.03 Å². The van der Waals surface area contributed by atoms with Crippen LogP contribution in [0.3, 0.4) is 0 Å². The lowest BCUT2D eigenvalue weighted by Crippen LogP contribution is -2.62. The van der Waals surface area contributed by atoms with E-state index >= 15 is 0 Å². The van der Waals surface area contributed by atoms with E-state index in [1.807, 2.05) is 0 Å². The van der Waals surface area contributed by atoms with Crippen LogP contribution in [0.1, 0.15) is 40.5 Å². The molecule has 1 aliphatic heterocycles. The largest absolute Gasteiger partial charge is 0.338 e. The average Bonchev–Trinajstić information content (AvgIpc) is 2.63. The number of aromatic nitrogens is 1. The number of nitrogens with zero attached hydrogens (tertiary/aromatic N) is 1. The van der Waals surface area contributed by atoms with E-state index in [9.17, 15) is 4.79 Å². The number of hydrogen-bond donors (Lipinski definition) is 3. The zero-order chi connectivity index (χ0) is 14.1. The SMILES string of the molecule is CC1(C)CC(NC(=O)Nc2ccno2)CC(C)(C)N1. The van der Waals surface area contributed by atoms with Crippen LogP contribution in [-0.2, 0) is 0 Å². The first kappa shape index (κ1) is 13.9. The fourth-order valence-corrected chi connectivity index (χ4v) is 3.04. The van der Waals surface area contributed by atoms with Gasteiger partial charge in [-0.1, -0.05) is 5.16 Å². The molecule has 6 nitrogen and oxygen atoms in total. The number of piperidine rings is 1. The van der Waals surface area contributed by atoms with Crippen LogP contribution in [-0.4, -0.2) is 28.3 Å². The number of urea groups is 1. The van der Waals surface area contributed by atoms with E-state index in [1.54, 1.807) is 6.07 Å². The Morgan fingerprint density at radius 2 is 2.00 bits per heavy atom. The van der Waals surface area contributed by atoms with Crippen molar-refractivity contribution in [1.82, 2.24) is 15.8 Å². The number of amides is 2. The maximum absolute atomic E-state index is 11.9. The monoisotopic (exact) mass is 266 g/mol. The molecule has 6 heteroatoms. The van der Waals surface area contributed by atoms with Gasteiger partial charge in [-0.25, -0.2) is 4.79 Å². The highest BCUT2D eigenvalue weighted by atomic mass is 16.5. The molecule has 106 valence electrons. The highest BCUT2D eigenvalue weighted by Gasteiger charge is 2.38. The van der Waals surface area contributed by atoms with Crippen LogP contribution < -0.4 is 16.0 Å². The molecule has 2 amide bonds. The lowest BCUT2D eigenvalue weighted by atomic mass is 9.80. The van der Waals surface area contributed by atoms with Crippen molar-refractivity contribution < 1.29 is 9.32 Å². The Morgan fingerprint density at radius 1 is 1.37 bits per heavy atom. The van der Waals surface area contributed by atoms with E-state index in [0.29, 0.717) is 5.88 Å². The number of carbonyl (C=O) groups excluding carboxylic acids is 1. The molecule has 2 heterocycles. The van der Waals surface area contributed by atoms with E-state index in [2.05, 4.69) is 48.8 Å². The zero-order valence-corrected chi connectivity index (χ0v) is 11.9. The van der Waals surface area contributed by atoms with E-state index in [4.69, 9.17) is 4.52 Å². The molecule has 0 saturated carbocycles. The molecule has 2 rings (SSSR count). The summed E-state index contributed by atoms with van der Waals surface area (Å²) in [7, 11) is 0. The predicted molar refractivity (Wildman–Crippen MR) is 73.0 cm³/mol. The van der Waals surface area contributed by atoms with Gasteiger partial charge in [0.1, 0.15) is 0 Å². The normalized spacial score (nSPS) is 21.9. The number of nitrogens with one attached hydrogen (secondary N) is 3. The van der Waals surface area contributed by atoms with Gasteiger partial charge in [-0.05, 0) is 40.5 Å². The van der Waals surface area contributed by atoms with Crippen molar-refractivity contribution in [3.63, 3.8) is 0 Å². The van der Waals surface area contributed by atoms with Crippen molar-refractivity contribution >= 4 is 11.9 Å². The van der Waals surface area contributed by atoms with Gasteiger partial charge in [0.05, 0.1) is 6.20 Å². The molecule has 0 atom stereocenters. The minimum Gasteiger partial charge on any atom is -0.338 e. The first-order chi connectivity index (χ1) is 8.76. The topological polar surface area (TPSA) is 79.2 Å². The maximum atomic E-state index is 11.9. The summed E-state index contributed by atoms with van der Waals surface area (Å²) in [5, 5.41) is 12.7. The van der Waals surface area contributed by atoms with Crippen molar-refractivity contribution in [2.75, 3.05) is 5.32 Å². The van der Waals surface area contributed by atoms with Crippen LogP contribution in [0.5, 0.6) is 0 Å². The summed E-state index contributed by atoms with van der Waals surface area (Å²) in [4.78, 5) is 11.9. The molecule has 0 aromatic carbocycles. The average molecular weight is 266 g/mol. The van der Waals surface area contributed by atoms with Gasteiger partial charge in [0.15, 0.2) is 0 Å². The van der Waals surface area contributed by atoms with Crippen LogP contribution in [0, 0.1) is 0 Å². The molecule has 1 aromatic heterocycles. The number of anilines is 1. The Labute approximate surface area is 113 Å². The Morgan fingerprint density at radius 3 is 2.53 bits per heavy atom. The Bertz CT molecular complexity index is 424. The van der Waals surface area contributed by atoms with Crippen molar-refractivity contribution in [3.8, 4) is 0 Å².